The van der Waals surface area contributed by atoms with Crippen LogP contribution in [-0.4, -0.2) is 32.3 Å². The minimum Gasteiger partial charge on any atom is -0.490 e. The third-order valence-corrected chi connectivity index (χ3v) is 2.67. The number of hydrogen-bond donors (Lipinski definition) is 2. The van der Waals surface area contributed by atoms with Crippen molar-refractivity contribution in [1.29, 1.82) is 0 Å². The smallest absolute Gasteiger partial charge is 0.195 e. The van der Waals surface area contributed by atoms with E-state index in [2.05, 4.69) is 15.6 Å². The lowest BCUT2D eigenvalue weighted by atomic mass is 10.3. The second-order valence-electron chi connectivity index (χ2n) is 4.19. The van der Waals surface area contributed by atoms with Gasteiger partial charge in [0.15, 0.2) is 17.5 Å². The minimum absolute atomic E-state index is 0.694. The summed E-state index contributed by atoms with van der Waals surface area (Å²) in [5.41, 5.74) is 0.942. The molecule has 2 rings (SSSR count). The predicted molar refractivity (Wildman–Crippen MR) is 77.3 cm³/mol. The highest BCUT2D eigenvalue weighted by Gasteiger charge is 2.11. The summed E-state index contributed by atoms with van der Waals surface area (Å²) in [5.74, 6) is 2.37. The summed E-state index contributed by atoms with van der Waals surface area (Å²) in [7, 11) is 0. The van der Waals surface area contributed by atoms with Crippen molar-refractivity contribution in [2.45, 2.75) is 20.3 Å². The maximum absolute atomic E-state index is 5.67. The van der Waals surface area contributed by atoms with Gasteiger partial charge in [-0.25, -0.2) is 0 Å². The van der Waals surface area contributed by atoms with Crippen LogP contribution in [0, 0.1) is 0 Å². The summed E-state index contributed by atoms with van der Waals surface area (Å²) in [4.78, 5) is 4.36. The molecule has 0 aromatic heterocycles. The number of ether oxygens (including phenoxy) is 2. The van der Waals surface area contributed by atoms with Crippen LogP contribution in [0.1, 0.15) is 20.3 Å². The molecule has 1 aromatic carbocycles. The lowest BCUT2D eigenvalue weighted by Crippen LogP contribution is -2.30. The molecule has 0 amide bonds. The average Bonchev–Trinajstić information content (AvgIpc) is 2.64. The molecule has 104 valence electrons. The van der Waals surface area contributed by atoms with E-state index in [4.69, 9.17) is 9.47 Å². The van der Waals surface area contributed by atoms with Gasteiger partial charge in [-0.1, -0.05) is 0 Å². The second kappa shape index (κ2) is 6.87. The lowest BCUT2D eigenvalue weighted by molar-refractivity contribution is 0.297. The van der Waals surface area contributed by atoms with E-state index >= 15 is 0 Å². The highest BCUT2D eigenvalue weighted by molar-refractivity contribution is 5.93. The molecule has 2 N–H and O–H groups in total. The second-order valence-corrected chi connectivity index (χ2v) is 4.19. The zero-order chi connectivity index (χ0) is 13.5. The Labute approximate surface area is 114 Å². The van der Waals surface area contributed by atoms with Gasteiger partial charge in [0.1, 0.15) is 0 Å². The Kier molecular flexibility index (Phi) is 4.89. The van der Waals surface area contributed by atoms with Gasteiger partial charge in [0, 0.05) is 31.3 Å². The van der Waals surface area contributed by atoms with Crippen molar-refractivity contribution in [3.8, 4) is 11.5 Å². The van der Waals surface area contributed by atoms with E-state index in [1.54, 1.807) is 0 Å². The number of guanidine groups is 1. The van der Waals surface area contributed by atoms with Crippen LogP contribution in [0.25, 0.3) is 0 Å². The molecule has 5 nitrogen and oxygen atoms in total. The van der Waals surface area contributed by atoms with Crippen LogP contribution >= 0.6 is 0 Å². The van der Waals surface area contributed by atoms with Crippen LogP contribution in [0.4, 0.5) is 5.69 Å². The van der Waals surface area contributed by atoms with Crippen molar-refractivity contribution in [2.75, 3.05) is 31.6 Å². The van der Waals surface area contributed by atoms with Gasteiger partial charge < -0.3 is 20.1 Å². The Balaban J connectivity index is 2.12. The van der Waals surface area contributed by atoms with Gasteiger partial charge in [-0.2, -0.15) is 0 Å². The summed E-state index contributed by atoms with van der Waals surface area (Å²) < 4.78 is 11.3. The topological polar surface area (TPSA) is 54.9 Å². The Morgan fingerprint density at radius 2 is 2.00 bits per heavy atom. The number of rotatable bonds is 3. The van der Waals surface area contributed by atoms with Gasteiger partial charge in [-0.15, -0.1) is 0 Å². The maximum Gasteiger partial charge on any atom is 0.195 e. The molecule has 0 spiro atoms. The Hall–Kier alpha value is -1.91. The number of benzene rings is 1. The molecule has 5 heteroatoms. The molecule has 1 aromatic rings. The van der Waals surface area contributed by atoms with E-state index in [-0.39, 0.29) is 0 Å². The van der Waals surface area contributed by atoms with Crippen molar-refractivity contribution in [3.63, 3.8) is 0 Å². The summed E-state index contributed by atoms with van der Waals surface area (Å²) in [5, 5.41) is 6.45. The van der Waals surface area contributed by atoms with E-state index in [0.717, 1.165) is 42.7 Å². The van der Waals surface area contributed by atoms with E-state index in [9.17, 15) is 0 Å². The molecule has 1 heterocycles. The molecule has 0 bridgehead atoms. The standard InChI is InChI=1S/C14H21N3O2/c1-3-15-14(16-4-2)17-11-6-7-12-13(10-11)19-9-5-8-18-12/h6-7,10H,3-5,8-9H2,1-2H3,(H2,15,16,17). The Morgan fingerprint density at radius 1 is 1.21 bits per heavy atom. The quantitative estimate of drug-likeness (QED) is 0.648. The lowest BCUT2D eigenvalue weighted by Gasteiger charge is -2.13. The SMILES string of the molecule is CCN=C(NCC)Nc1ccc2c(c1)OCCCO2. The minimum atomic E-state index is 0.694. The fraction of sp³-hybridized carbons (Fsp3) is 0.500. The summed E-state index contributed by atoms with van der Waals surface area (Å²) in [6, 6.07) is 5.84. The Morgan fingerprint density at radius 3 is 2.74 bits per heavy atom. The molecule has 0 fully saturated rings. The van der Waals surface area contributed by atoms with Crippen molar-refractivity contribution < 1.29 is 9.47 Å². The first-order valence-corrected chi connectivity index (χ1v) is 6.78. The fourth-order valence-electron chi connectivity index (χ4n) is 1.84. The monoisotopic (exact) mass is 263 g/mol. The number of aliphatic imine (C=N–C) groups is 1. The summed E-state index contributed by atoms with van der Waals surface area (Å²) >= 11 is 0. The van der Waals surface area contributed by atoms with Gasteiger partial charge in [0.2, 0.25) is 0 Å². The number of hydrogen-bond acceptors (Lipinski definition) is 3. The highest BCUT2D eigenvalue weighted by atomic mass is 16.5. The first kappa shape index (κ1) is 13.5. The molecule has 0 saturated heterocycles. The van der Waals surface area contributed by atoms with Crippen LogP contribution in [0.5, 0.6) is 11.5 Å². The van der Waals surface area contributed by atoms with E-state index in [1.165, 1.54) is 0 Å². The first-order chi connectivity index (χ1) is 9.33. The number of nitrogens with zero attached hydrogens (tertiary/aromatic N) is 1. The zero-order valence-electron chi connectivity index (χ0n) is 11.5. The van der Waals surface area contributed by atoms with Gasteiger partial charge >= 0.3 is 0 Å². The molecular formula is C14H21N3O2. The third kappa shape index (κ3) is 3.77. The number of anilines is 1. The Bertz CT molecular complexity index is 446. The van der Waals surface area contributed by atoms with Gasteiger partial charge in [0.25, 0.3) is 0 Å². The molecule has 0 atom stereocenters. The van der Waals surface area contributed by atoms with Crippen LogP contribution in [0.15, 0.2) is 23.2 Å². The van der Waals surface area contributed by atoms with E-state index in [0.29, 0.717) is 13.2 Å². The van der Waals surface area contributed by atoms with Crippen molar-refractivity contribution in [2.24, 2.45) is 4.99 Å². The molecule has 1 aliphatic rings. The normalized spacial score (nSPS) is 14.7. The summed E-state index contributed by atoms with van der Waals surface area (Å²) in [6.45, 7) is 7.02. The van der Waals surface area contributed by atoms with E-state index < -0.39 is 0 Å². The van der Waals surface area contributed by atoms with Crippen LogP contribution in [-0.2, 0) is 0 Å². The molecule has 0 unspecified atom stereocenters. The van der Waals surface area contributed by atoms with Crippen molar-refractivity contribution >= 4 is 11.6 Å². The molecule has 0 saturated carbocycles. The maximum atomic E-state index is 5.67. The van der Waals surface area contributed by atoms with Crippen LogP contribution in [0.3, 0.4) is 0 Å². The zero-order valence-corrected chi connectivity index (χ0v) is 11.5. The van der Waals surface area contributed by atoms with Crippen molar-refractivity contribution in [3.05, 3.63) is 18.2 Å². The molecule has 0 radical (unpaired) electrons. The third-order valence-electron chi connectivity index (χ3n) is 2.67. The fourth-order valence-corrected chi connectivity index (χ4v) is 1.84. The number of fused-ring (bicyclic) bond motifs is 1. The predicted octanol–water partition coefficient (Wildman–Crippen LogP) is 2.25. The van der Waals surface area contributed by atoms with Gasteiger partial charge in [-0.3, -0.25) is 4.99 Å². The molecule has 19 heavy (non-hydrogen) atoms. The van der Waals surface area contributed by atoms with Crippen molar-refractivity contribution in [1.82, 2.24) is 5.32 Å². The van der Waals surface area contributed by atoms with Gasteiger partial charge in [-0.05, 0) is 26.0 Å². The van der Waals surface area contributed by atoms with E-state index in [1.807, 2.05) is 32.0 Å². The van der Waals surface area contributed by atoms with Crippen LogP contribution in [0.2, 0.25) is 0 Å². The average molecular weight is 263 g/mol. The largest absolute Gasteiger partial charge is 0.490 e. The van der Waals surface area contributed by atoms with Crippen LogP contribution < -0.4 is 20.1 Å². The first-order valence-electron chi connectivity index (χ1n) is 6.78. The molecular weight excluding hydrogens is 242 g/mol. The highest BCUT2D eigenvalue weighted by Crippen LogP contribution is 2.32. The number of nitrogens with one attached hydrogen (secondary N) is 2. The van der Waals surface area contributed by atoms with Gasteiger partial charge in [0.05, 0.1) is 13.2 Å². The molecule has 1 aliphatic heterocycles. The molecule has 0 aliphatic carbocycles. The summed E-state index contributed by atoms with van der Waals surface area (Å²) in [6.07, 6.45) is 0.914.